The van der Waals surface area contributed by atoms with Crippen LogP contribution in [0, 0.1) is 0 Å². The van der Waals surface area contributed by atoms with Gasteiger partial charge in [0.05, 0.1) is 6.10 Å². The van der Waals surface area contributed by atoms with Crippen LogP contribution >= 0.6 is 0 Å². The van der Waals surface area contributed by atoms with Crippen LogP contribution in [0.5, 0.6) is 0 Å². The molecule has 1 saturated heterocycles. The quantitative estimate of drug-likeness (QED) is 0.710. The Bertz CT molecular complexity index is 139. The van der Waals surface area contributed by atoms with Crippen LogP contribution in [-0.4, -0.2) is 35.7 Å². The summed E-state index contributed by atoms with van der Waals surface area (Å²) >= 11 is 0. The van der Waals surface area contributed by atoms with Crippen molar-refractivity contribution in [1.29, 1.82) is 0 Å². The summed E-state index contributed by atoms with van der Waals surface area (Å²) in [5.74, 6) is 0. The minimum atomic E-state index is -0.114. The predicted octanol–water partition coefficient (Wildman–Crippen LogP) is 2.80. The molecule has 1 aliphatic heterocycles. The van der Waals surface area contributed by atoms with Gasteiger partial charge in [-0.15, -0.1) is 0 Å². The van der Waals surface area contributed by atoms with Crippen LogP contribution in [0.2, 0.25) is 0 Å². The summed E-state index contributed by atoms with van der Waals surface area (Å²) in [6.45, 7) is 5.73. The van der Waals surface area contributed by atoms with Gasteiger partial charge >= 0.3 is 0 Å². The van der Waals surface area contributed by atoms with Crippen molar-refractivity contribution in [3.63, 3.8) is 0 Å². The van der Waals surface area contributed by atoms with Gasteiger partial charge in [0, 0.05) is 0 Å². The van der Waals surface area contributed by atoms with E-state index in [0.29, 0.717) is 0 Å². The van der Waals surface area contributed by atoms with Crippen molar-refractivity contribution in [3.05, 3.63) is 0 Å². The minimum absolute atomic E-state index is 0.114. The van der Waals surface area contributed by atoms with Crippen molar-refractivity contribution in [1.82, 2.24) is 4.90 Å². The molecule has 0 amide bonds. The van der Waals surface area contributed by atoms with Crippen LogP contribution < -0.4 is 0 Å². The first-order valence-corrected chi connectivity index (χ1v) is 6.69. The molecule has 0 radical (unpaired) electrons. The second-order valence-corrected chi connectivity index (χ2v) is 4.95. The van der Waals surface area contributed by atoms with E-state index in [1.54, 1.807) is 0 Å². The molecule has 1 aliphatic rings. The van der Waals surface area contributed by atoms with Crippen LogP contribution in [0.1, 0.15) is 58.3 Å². The maximum absolute atomic E-state index is 9.16. The molecule has 15 heavy (non-hydrogen) atoms. The molecular weight excluding hydrogens is 186 g/mol. The topological polar surface area (TPSA) is 23.5 Å². The van der Waals surface area contributed by atoms with Crippen molar-refractivity contribution >= 4 is 0 Å². The van der Waals surface area contributed by atoms with E-state index in [9.17, 15) is 0 Å². The van der Waals surface area contributed by atoms with E-state index in [0.717, 1.165) is 6.42 Å². The number of nitrogens with zero attached hydrogens (tertiary/aromatic N) is 1. The summed E-state index contributed by atoms with van der Waals surface area (Å²) in [7, 11) is 0. The molecule has 0 aliphatic carbocycles. The standard InChI is InChI=1S/C13H27NO/c1-13(15)9-5-8-12-14-10-6-3-2-4-7-11-14/h13,15H,2-12H2,1H3. The molecule has 1 heterocycles. The van der Waals surface area contributed by atoms with Gasteiger partial charge in [-0.3, -0.25) is 0 Å². The first-order chi connectivity index (χ1) is 7.29. The van der Waals surface area contributed by atoms with Crippen molar-refractivity contribution in [3.8, 4) is 0 Å². The Balaban J connectivity index is 2.02. The van der Waals surface area contributed by atoms with E-state index < -0.39 is 0 Å². The molecule has 0 spiro atoms. The van der Waals surface area contributed by atoms with Gasteiger partial charge in [-0.1, -0.05) is 19.3 Å². The maximum atomic E-state index is 9.16. The third-order valence-electron chi connectivity index (χ3n) is 3.29. The van der Waals surface area contributed by atoms with E-state index in [1.165, 1.54) is 64.6 Å². The minimum Gasteiger partial charge on any atom is -0.393 e. The van der Waals surface area contributed by atoms with Crippen LogP contribution in [0.4, 0.5) is 0 Å². The van der Waals surface area contributed by atoms with E-state index in [2.05, 4.69) is 4.90 Å². The Hall–Kier alpha value is -0.0800. The highest BCUT2D eigenvalue weighted by Gasteiger charge is 2.07. The molecule has 0 aromatic heterocycles. The van der Waals surface area contributed by atoms with Gasteiger partial charge in [-0.2, -0.15) is 0 Å². The molecule has 0 aromatic carbocycles. The smallest absolute Gasteiger partial charge is 0.0512 e. The summed E-state index contributed by atoms with van der Waals surface area (Å²) in [5, 5.41) is 9.16. The Labute approximate surface area is 94.7 Å². The van der Waals surface area contributed by atoms with Crippen molar-refractivity contribution in [2.45, 2.75) is 64.4 Å². The lowest BCUT2D eigenvalue weighted by atomic mass is 10.1. The number of hydrogen-bond acceptors (Lipinski definition) is 2. The van der Waals surface area contributed by atoms with Crippen LogP contribution in [-0.2, 0) is 0 Å². The summed E-state index contributed by atoms with van der Waals surface area (Å²) in [6, 6.07) is 0. The predicted molar refractivity (Wildman–Crippen MR) is 65.1 cm³/mol. The number of aliphatic hydroxyl groups is 1. The van der Waals surface area contributed by atoms with Crippen LogP contribution in [0.25, 0.3) is 0 Å². The fraction of sp³-hybridized carbons (Fsp3) is 1.00. The van der Waals surface area contributed by atoms with Crippen molar-refractivity contribution in [2.75, 3.05) is 19.6 Å². The Morgan fingerprint density at radius 3 is 2.20 bits per heavy atom. The van der Waals surface area contributed by atoms with Crippen molar-refractivity contribution in [2.24, 2.45) is 0 Å². The molecule has 90 valence electrons. The first kappa shape index (κ1) is 13.0. The van der Waals surface area contributed by atoms with Gasteiger partial charge in [0.15, 0.2) is 0 Å². The maximum Gasteiger partial charge on any atom is 0.0512 e. The van der Waals surface area contributed by atoms with Gasteiger partial charge < -0.3 is 10.0 Å². The zero-order valence-corrected chi connectivity index (χ0v) is 10.2. The highest BCUT2D eigenvalue weighted by atomic mass is 16.3. The third-order valence-corrected chi connectivity index (χ3v) is 3.29. The fourth-order valence-corrected chi connectivity index (χ4v) is 2.31. The number of unbranched alkanes of at least 4 members (excludes halogenated alkanes) is 1. The lowest BCUT2D eigenvalue weighted by Gasteiger charge is -2.24. The molecule has 0 aromatic rings. The Morgan fingerprint density at radius 2 is 1.60 bits per heavy atom. The largest absolute Gasteiger partial charge is 0.393 e. The van der Waals surface area contributed by atoms with Gasteiger partial charge in [0.1, 0.15) is 0 Å². The average molecular weight is 213 g/mol. The van der Waals surface area contributed by atoms with Crippen molar-refractivity contribution < 1.29 is 5.11 Å². The second-order valence-electron chi connectivity index (χ2n) is 4.95. The molecule has 0 bridgehead atoms. The summed E-state index contributed by atoms with van der Waals surface area (Å²) < 4.78 is 0. The third kappa shape index (κ3) is 6.91. The summed E-state index contributed by atoms with van der Waals surface area (Å²) in [5.41, 5.74) is 0. The second kappa shape index (κ2) is 8.12. The van der Waals surface area contributed by atoms with Gasteiger partial charge in [0.2, 0.25) is 0 Å². The molecule has 1 unspecified atom stereocenters. The molecule has 1 atom stereocenters. The molecule has 1 N–H and O–H groups in total. The van der Waals surface area contributed by atoms with E-state index in [-0.39, 0.29) is 6.10 Å². The zero-order valence-electron chi connectivity index (χ0n) is 10.2. The molecule has 1 rings (SSSR count). The van der Waals surface area contributed by atoms with Gasteiger partial charge in [-0.05, 0) is 58.7 Å². The summed E-state index contributed by atoms with van der Waals surface area (Å²) in [6.07, 6.45) is 10.3. The molecule has 0 saturated carbocycles. The normalized spacial score (nSPS) is 22.0. The molecule has 1 fully saturated rings. The highest BCUT2D eigenvalue weighted by molar-refractivity contribution is 4.62. The van der Waals surface area contributed by atoms with Gasteiger partial charge in [0.25, 0.3) is 0 Å². The highest BCUT2D eigenvalue weighted by Crippen LogP contribution is 2.11. The average Bonchev–Trinajstić information content (AvgIpc) is 2.14. The molecule has 2 heteroatoms. The Morgan fingerprint density at radius 1 is 1.00 bits per heavy atom. The fourth-order valence-electron chi connectivity index (χ4n) is 2.31. The lowest BCUT2D eigenvalue weighted by Crippen LogP contribution is -2.28. The monoisotopic (exact) mass is 213 g/mol. The zero-order chi connectivity index (χ0) is 10.9. The van der Waals surface area contributed by atoms with Crippen LogP contribution in [0.15, 0.2) is 0 Å². The number of rotatable bonds is 5. The first-order valence-electron chi connectivity index (χ1n) is 6.69. The van der Waals surface area contributed by atoms with Crippen LogP contribution in [0.3, 0.4) is 0 Å². The molecule has 2 nitrogen and oxygen atoms in total. The SMILES string of the molecule is CC(O)CCCCN1CCCCCCC1. The summed E-state index contributed by atoms with van der Waals surface area (Å²) in [4.78, 5) is 2.61. The van der Waals surface area contributed by atoms with E-state index >= 15 is 0 Å². The number of likely N-dealkylation sites (tertiary alicyclic amines) is 1. The Kier molecular flexibility index (Phi) is 7.03. The lowest BCUT2D eigenvalue weighted by molar-refractivity contribution is 0.175. The number of hydrogen-bond donors (Lipinski definition) is 1. The van der Waals surface area contributed by atoms with Gasteiger partial charge in [-0.25, -0.2) is 0 Å². The van der Waals surface area contributed by atoms with E-state index in [4.69, 9.17) is 5.11 Å². The molecular formula is C13H27NO. The number of aliphatic hydroxyl groups excluding tert-OH is 1. The van der Waals surface area contributed by atoms with E-state index in [1.807, 2.05) is 6.92 Å².